The van der Waals surface area contributed by atoms with E-state index >= 15 is 0 Å². The minimum absolute atomic E-state index is 0.244. The zero-order valence-corrected chi connectivity index (χ0v) is 14.6. The highest BCUT2D eigenvalue weighted by Crippen LogP contribution is 2.28. The smallest absolute Gasteiger partial charge is 0.258 e. The number of aromatic nitrogens is 2. The molecule has 6 heteroatoms. The van der Waals surface area contributed by atoms with Gasteiger partial charge in [0.2, 0.25) is 5.95 Å². The van der Waals surface area contributed by atoms with Crippen molar-refractivity contribution in [3.63, 3.8) is 0 Å². The number of para-hydroxylation sites is 2. The summed E-state index contributed by atoms with van der Waals surface area (Å²) < 4.78 is 12.8. The summed E-state index contributed by atoms with van der Waals surface area (Å²) in [5.41, 5.74) is 2.32. The van der Waals surface area contributed by atoms with E-state index in [1.807, 2.05) is 42.7 Å². The number of nitrogens with one attached hydrogen (secondary N) is 1. The molecule has 0 saturated carbocycles. The molecule has 1 amide bonds. The monoisotopic (exact) mass is 339 g/mol. The first kappa shape index (κ1) is 16.8. The van der Waals surface area contributed by atoms with Crippen LogP contribution in [0.25, 0.3) is 11.0 Å². The fourth-order valence-electron chi connectivity index (χ4n) is 2.75. The minimum atomic E-state index is -0.244. The number of hydrogen-bond donors (Lipinski definition) is 1. The molecule has 1 heterocycles. The highest BCUT2D eigenvalue weighted by molar-refractivity contribution is 6.04. The van der Waals surface area contributed by atoms with Crippen LogP contribution in [0.2, 0.25) is 0 Å². The van der Waals surface area contributed by atoms with E-state index in [1.165, 1.54) is 0 Å². The third kappa shape index (κ3) is 3.28. The second-order valence-electron chi connectivity index (χ2n) is 5.42. The Morgan fingerprint density at radius 1 is 1.16 bits per heavy atom. The molecular weight excluding hydrogens is 318 g/mol. The Hall–Kier alpha value is -3.02. The summed E-state index contributed by atoms with van der Waals surface area (Å²) in [4.78, 5) is 17.1. The van der Waals surface area contributed by atoms with Crippen molar-refractivity contribution in [1.82, 2.24) is 9.55 Å². The van der Waals surface area contributed by atoms with Crippen LogP contribution < -0.4 is 14.8 Å². The van der Waals surface area contributed by atoms with E-state index in [2.05, 4.69) is 10.3 Å². The van der Waals surface area contributed by atoms with E-state index in [4.69, 9.17) is 9.47 Å². The first-order valence-corrected chi connectivity index (χ1v) is 8.25. The highest BCUT2D eigenvalue weighted by Gasteiger charge is 2.15. The quantitative estimate of drug-likeness (QED) is 0.743. The molecule has 0 fully saturated rings. The third-order valence-corrected chi connectivity index (χ3v) is 3.92. The number of fused-ring (bicyclic) bond motifs is 1. The summed E-state index contributed by atoms with van der Waals surface area (Å²) in [6, 6.07) is 12.9. The van der Waals surface area contributed by atoms with E-state index in [0.29, 0.717) is 36.2 Å². The molecule has 0 spiro atoms. The molecule has 0 unspecified atom stereocenters. The van der Waals surface area contributed by atoms with Crippen molar-refractivity contribution in [3.05, 3.63) is 48.0 Å². The molecule has 0 radical (unpaired) electrons. The van der Waals surface area contributed by atoms with E-state index < -0.39 is 0 Å². The van der Waals surface area contributed by atoms with Crippen molar-refractivity contribution in [2.45, 2.75) is 20.4 Å². The van der Waals surface area contributed by atoms with E-state index in [9.17, 15) is 4.79 Å². The van der Waals surface area contributed by atoms with Gasteiger partial charge in [-0.25, -0.2) is 4.98 Å². The summed E-state index contributed by atoms with van der Waals surface area (Å²) in [6.07, 6.45) is 0. The Kier molecular flexibility index (Phi) is 4.88. The predicted molar refractivity (Wildman–Crippen MR) is 97.5 cm³/mol. The van der Waals surface area contributed by atoms with Gasteiger partial charge in [0.25, 0.3) is 5.91 Å². The predicted octanol–water partition coefficient (Wildman–Crippen LogP) is 3.72. The molecule has 6 nitrogen and oxygen atoms in total. The summed E-state index contributed by atoms with van der Waals surface area (Å²) in [6.45, 7) is 5.16. The van der Waals surface area contributed by atoms with Crippen LogP contribution in [0.1, 0.15) is 24.2 Å². The average molecular weight is 339 g/mol. The zero-order valence-electron chi connectivity index (χ0n) is 14.6. The van der Waals surface area contributed by atoms with Gasteiger partial charge in [0, 0.05) is 12.1 Å². The fourth-order valence-corrected chi connectivity index (χ4v) is 2.75. The molecule has 0 aliphatic carbocycles. The maximum Gasteiger partial charge on any atom is 0.258 e. The van der Waals surface area contributed by atoms with Gasteiger partial charge in [0.1, 0.15) is 0 Å². The van der Waals surface area contributed by atoms with Gasteiger partial charge in [-0.2, -0.15) is 0 Å². The molecule has 0 bridgehead atoms. The lowest BCUT2D eigenvalue weighted by molar-refractivity contribution is 0.102. The number of imidazole rings is 1. The average Bonchev–Trinajstić information content (AvgIpc) is 2.99. The number of nitrogens with zero attached hydrogens (tertiary/aromatic N) is 2. The van der Waals surface area contributed by atoms with Crippen LogP contribution >= 0.6 is 0 Å². The lowest BCUT2D eigenvalue weighted by atomic mass is 10.2. The van der Waals surface area contributed by atoms with Crippen LogP contribution in [0.5, 0.6) is 11.5 Å². The van der Waals surface area contributed by atoms with Gasteiger partial charge in [-0.3, -0.25) is 10.1 Å². The number of carbonyl (C=O) groups excluding carboxylic acids is 1. The standard InChI is InChI=1S/C19H21N3O3/c1-4-22-15-9-7-6-8-14(15)20-19(22)21-18(23)13-10-11-16(25-5-2)17(12-13)24-3/h6-12H,4-5H2,1-3H3,(H,20,21,23). The van der Waals surface area contributed by atoms with Crippen LogP contribution in [-0.2, 0) is 6.54 Å². The second kappa shape index (κ2) is 7.25. The van der Waals surface area contributed by atoms with Crippen molar-refractivity contribution in [2.24, 2.45) is 0 Å². The Morgan fingerprint density at radius 3 is 2.68 bits per heavy atom. The molecule has 0 saturated heterocycles. The molecule has 0 aliphatic rings. The molecule has 3 rings (SSSR count). The van der Waals surface area contributed by atoms with Gasteiger partial charge < -0.3 is 14.0 Å². The number of rotatable bonds is 6. The molecule has 2 aromatic carbocycles. The van der Waals surface area contributed by atoms with Crippen molar-refractivity contribution in [3.8, 4) is 11.5 Å². The SMILES string of the molecule is CCOc1ccc(C(=O)Nc2nc3ccccc3n2CC)cc1OC. The summed E-state index contributed by atoms with van der Waals surface area (Å²) in [5.74, 6) is 1.42. The number of methoxy groups -OCH3 is 1. The van der Waals surface area contributed by atoms with Crippen molar-refractivity contribution in [2.75, 3.05) is 19.0 Å². The maximum absolute atomic E-state index is 12.6. The maximum atomic E-state index is 12.6. The lowest BCUT2D eigenvalue weighted by Crippen LogP contribution is -2.16. The van der Waals surface area contributed by atoms with Gasteiger partial charge in [0.15, 0.2) is 11.5 Å². The van der Waals surface area contributed by atoms with Crippen LogP contribution in [0.3, 0.4) is 0 Å². The fraction of sp³-hybridized carbons (Fsp3) is 0.263. The van der Waals surface area contributed by atoms with E-state index in [0.717, 1.165) is 11.0 Å². The number of benzene rings is 2. The molecule has 130 valence electrons. The van der Waals surface area contributed by atoms with E-state index in [-0.39, 0.29) is 5.91 Å². The number of hydrogen-bond acceptors (Lipinski definition) is 4. The van der Waals surface area contributed by atoms with Gasteiger partial charge in [0.05, 0.1) is 24.8 Å². The van der Waals surface area contributed by atoms with Crippen LogP contribution in [0, 0.1) is 0 Å². The van der Waals surface area contributed by atoms with Crippen molar-refractivity contribution >= 4 is 22.9 Å². The Morgan fingerprint density at radius 2 is 1.96 bits per heavy atom. The van der Waals surface area contributed by atoms with Crippen molar-refractivity contribution < 1.29 is 14.3 Å². The molecule has 0 aliphatic heterocycles. The van der Waals surface area contributed by atoms with Gasteiger partial charge in [-0.1, -0.05) is 12.1 Å². The number of anilines is 1. The largest absolute Gasteiger partial charge is 0.493 e. The zero-order chi connectivity index (χ0) is 17.8. The Balaban J connectivity index is 1.90. The van der Waals surface area contributed by atoms with E-state index in [1.54, 1.807) is 25.3 Å². The second-order valence-corrected chi connectivity index (χ2v) is 5.42. The number of ether oxygens (including phenoxy) is 2. The van der Waals surface area contributed by atoms with Crippen LogP contribution in [-0.4, -0.2) is 29.2 Å². The molecule has 1 aromatic heterocycles. The normalized spacial score (nSPS) is 10.7. The van der Waals surface area contributed by atoms with Crippen LogP contribution in [0.15, 0.2) is 42.5 Å². The van der Waals surface area contributed by atoms with Gasteiger partial charge >= 0.3 is 0 Å². The molecule has 1 N–H and O–H groups in total. The topological polar surface area (TPSA) is 65.4 Å². The Labute approximate surface area is 146 Å². The molecule has 25 heavy (non-hydrogen) atoms. The summed E-state index contributed by atoms with van der Waals surface area (Å²) >= 11 is 0. The molecule has 0 atom stereocenters. The van der Waals surface area contributed by atoms with Gasteiger partial charge in [-0.05, 0) is 44.2 Å². The minimum Gasteiger partial charge on any atom is -0.493 e. The first-order valence-electron chi connectivity index (χ1n) is 8.25. The molecular formula is C19H21N3O3. The number of carbonyl (C=O) groups is 1. The number of aryl methyl sites for hydroxylation is 1. The lowest BCUT2D eigenvalue weighted by Gasteiger charge is -2.11. The summed E-state index contributed by atoms with van der Waals surface area (Å²) in [5, 5.41) is 2.89. The highest BCUT2D eigenvalue weighted by atomic mass is 16.5. The van der Waals surface area contributed by atoms with Gasteiger partial charge in [-0.15, -0.1) is 0 Å². The molecule has 3 aromatic rings. The third-order valence-electron chi connectivity index (χ3n) is 3.92. The first-order chi connectivity index (χ1) is 12.2. The van der Waals surface area contributed by atoms with Crippen LogP contribution in [0.4, 0.5) is 5.95 Å². The number of amides is 1. The Bertz CT molecular complexity index is 902. The van der Waals surface area contributed by atoms with Crippen molar-refractivity contribution in [1.29, 1.82) is 0 Å². The summed E-state index contributed by atoms with van der Waals surface area (Å²) in [7, 11) is 1.55.